The highest BCUT2D eigenvalue weighted by Crippen LogP contribution is 2.21. The van der Waals surface area contributed by atoms with Crippen molar-refractivity contribution in [3.63, 3.8) is 0 Å². The third-order valence-electron chi connectivity index (χ3n) is 4.51. The lowest BCUT2D eigenvalue weighted by molar-refractivity contribution is 0.368. The number of piperidine rings is 1. The van der Waals surface area contributed by atoms with Gasteiger partial charge in [0.25, 0.3) is 0 Å². The number of rotatable bonds is 4. The molecule has 0 bridgehead atoms. The SMILES string of the molecule is Cc1ccc(N2CCC(N[C@@H](C)c3ncnn3C)CC2)cc1. The molecule has 1 aromatic carbocycles. The van der Waals surface area contributed by atoms with E-state index >= 15 is 0 Å². The maximum atomic E-state index is 4.33. The molecule has 2 aromatic rings. The Hall–Kier alpha value is -1.88. The van der Waals surface area contributed by atoms with Crippen LogP contribution < -0.4 is 10.2 Å². The Morgan fingerprint density at radius 3 is 2.45 bits per heavy atom. The number of nitrogens with one attached hydrogen (secondary N) is 1. The van der Waals surface area contributed by atoms with Crippen LogP contribution in [0.5, 0.6) is 0 Å². The van der Waals surface area contributed by atoms with Gasteiger partial charge in [-0.05, 0) is 38.8 Å². The van der Waals surface area contributed by atoms with Crippen molar-refractivity contribution in [2.24, 2.45) is 7.05 Å². The van der Waals surface area contributed by atoms with E-state index in [1.54, 1.807) is 6.33 Å². The van der Waals surface area contributed by atoms with Crippen molar-refractivity contribution < 1.29 is 0 Å². The minimum Gasteiger partial charge on any atom is -0.371 e. The van der Waals surface area contributed by atoms with Gasteiger partial charge in [0.15, 0.2) is 0 Å². The molecule has 1 saturated heterocycles. The Balaban J connectivity index is 1.53. The number of hydrogen-bond donors (Lipinski definition) is 1. The molecule has 0 unspecified atom stereocenters. The number of benzene rings is 1. The minimum absolute atomic E-state index is 0.239. The van der Waals surface area contributed by atoms with Crippen molar-refractivity contribution in [1.82, 2.24) is 20.1 Å². The van der Waals surface area contributed by atoms with Crippen LogP contribution in [-0.4, -0.2) is 33.9 Å². The van der Waals surface area contributed by atoms with E-state index in [4.69, 9.17) is 0 Å². The summed E-state index contributed by atoms with van der Waals surface area (Å²) in [7, 11) is 1.94. The third-order valence-corrected chi connectivity index (χ3v) is 4.51. The average Bonchev–Trinajstić information content (AvgIpc) is 2.95. The number of aryl methyl sites for hydroxylation is 2. The van der Waals surface area contributed by atoms with Gasteiger partial charge in [0.05, 0.1) is 6.04 Å². The number of nitrogens with zero attached hydrogens (tertiary/aromatic N) is 4. The molecular weight excluding hydrogens is 274 g/mol. The fraction of sp³-hybridized carbons (Fsp3) is 0.529. The molecule has 0 saturated carbocycles. The van der Waals surface area contributed by atoms with E-state index in [9.17, 15) is 0 Å². The van der Waals surface area contributed by atoms with Crippen LogP contribution in [0, 0.1) is 6.92 Å². The Morgan fingerprint density at radius 1 is 1.18 bits per heavy atom. The molecule has 0 spiro atoms. The van der Waals surface area contributed by atoms with Crippen LogP contribution in [0.3, 0.4) is 0 Å². The second kappa shape index (κ2) is 6.48. The molecule has 118 valence electrons. The molecule has 22 heavy (non-hydrogen) atoms. The van der Waals surface area contributed by atoms with Crippen LogP contribution in [0.1, 0.15) is 37.2 Å². The topological polar surface area (TPSA) is 46.0 Å². The van der Waals surface area contributed by atoms with E-state index in [1.807, 2.05) is 11.7 Å². The summed E-state index contributed by atoms with van der Waals surface area (Å²) in [6.45, 7) is 6.50. The monoisotopic (exact) mass is 299 g/mol. The summed E-state index contributed by atoms with van der Waals surface area (Å²) >= 11 is 0. The molecule has 5 nitrogen and oxygen atoms in total. The lowest BCUT2D eigenvalue weighted by atomic mass is 10.0. The lowest BCUT2D eigenvalue weighted by Crippen LogP contribution is -2.43. The Bertz CT molecular complexity index is 596. The normalized spacial score (nSPS) is 17.7. The molecule has 0 aliphatic carbocycles. The van der Waals surface area contributed by atoms with Gasteiger partial charge in [-0.15, -0.1) is 0 Å². The second-order valence-corrected chi connectivity index (χ2v) is 6.23. The van der Waals surface area contributed by atoms with Crippen molar-refractivity contribution in [3.05, 3.63) is 42.0 Å². The van der Waals surface area contributed by atoms with Crippen LogP contribution in [0.15, 0.2) is 30.6 Å². The molecule has 5 heteroatoms. The van der Waals surface area contributed by atoms with Crippen molar-refractivity contribution >= 4 is 5.69 Å². The predicted octanol–water partition coefficient (Wildman–Crippen LogP) is 2.44. The second-order valence-electron chi connectivity index (χ2n) is 6.23. The van der Waals surface area contributed by atoms with Gasteiger partial charge in [-0.1, -0.05) is 17.7 Å². The maximum absolute atomic E-state index is 4.33. The molecule has 1 atom stereocenters. The molecule has 2 heterocycles. The third kappa shape index (κ3) is 3.30. The smallest absolute Gasteiger partial charge is 0.143 e. The Morgan fingerprint density at radius 2 is 1.86 bits per heavy atom. The highest BCUT2D eigenvalue weighted by molar-refractivity contribution is 5.47. The summed E-state index contributed by atoms with van der Waals surface area (Å²) < 4.78 is 1.85. The van der Waals surface area contributed by atoms with Crippen LogP contribution in [-0.2, 0) is 7.05 Å². The zero-order valence-corrected chi connectivity index (χ0v) is 13.7. The van der Waals surface area contributed by atoms with Gasteiger partial charge in [-0.3, -0.25) is 4.68 Å². The van der Waals surface area contributed by atoms with E-state index in [2.05, 4.69) is 58.4 Å². The molecule has 1 aliphatic heterocycles. The fourth-order valence-electron chi connectivity index (χ4n) is 3.19. The van der Waals surface area contributed by atoms with Gasteiger partial charge in [-0.2, -0.15) is 5.10 Å². The first-order chi connectivity index (χ1) is 10.6. The van der Waals surface area contributed by atoms with Crippen LogP contribution >= 0.6 is 0 Å². The number of anilines is 1. The summed E-state index contributed by atoms with van der Waals surface area (Å²) in [6.07, 6.45) is 3.94. The standard InChI is InChI=1S/C17H25N5/c1-13-4-6-16(7-5-13)22-10-8-15(9-11-22)20-14(2)17-18-12-19-21(17)3/h4-7,12,14-15,20H,8-11H2,1-3H3/t14-/m0/s1. The van der Waals surface area contributed by atoms with Crippen LogP contribution in [0.25, 0.3) is 0 Å². The molecule has 1 aliphatic rings. The van der Waals surface area contributed by atoms with Gasteiger partial charge in [0.2, 0.25) is 0 Å². The quantitative estimate of drug-likeness (QED) is 0.942. The highest BCUT2D eigenvalue weighted by atomic mass is 15.3. The van der Waals surface area contributed by atoms with Crippen molar-refractivity contribution in [3.8, 4) is 0 Å². The predicted molar refractivity (Wildman–Crippen MR) is 89.0 cm³/mol. The minimum atomic E-state index is 0.239. The first-order valence-corrected chi connectivity index (χ1v) is 8.05. The van der Waals surface area contributed by atoms with E-state index in [0.717, 1.165) is 31.8 Å². The first kappa shape index (κ1) is 15.0. The van der Waals surface area contributed by atoms with E-state index < -0.39 is 0 Å². The van der Waals surface area contributed by atoms with Gasteiger partial charge in [0.1, 0.15) is 12.2 Å². The maximum Gasteiger partial charge on any atom is 0.143 e. The summed E-state index contributed by atoms with van der Waals surface area (Å²) in [4.78, 5) is 6.81. The van der Waals surface area contributed by atoms with Crippen molar-refractivity contribution in [1.29, 1.82) is 0 Å². The molecule has 1 N–H and O–H groups in total. The first-order valence-electron chi connectivity index (χ1n) is 8.05. The number of hydrogen-bond acceptors (Lipinski definition) is 4. The zero-order chi connectivity index (χ0) is 15.5. The summed E-state index contributed by atoms with van der Waals surface area (Å²) in [6, 6.07) is 9.62. The summed E-state index contributed by atoms with van der Waals surface area (Å²) in [5.74, 6) is 1.00. The molecule has 0 amide bonds. The van der Waals surface area contributed by atoms with Crippen LogP contribution in [0.4, 0.5) is 5.69 Å². The van der Waals surface area contributed by atoms with Gasteiger partial charge in [0, 0.05) is 31.9 Å². The van der Waals surface area contributed by atoms with Crippen molar-refractivity contribution in [2.75, 3.05) is 18.0 Å². The van der Waals surface area contributed by atoms with E-state index in [0.29, 0.717) is 6.04 Å². The number of aromatic nitrogens is 3. The summed E-state index contributed by atoms with van der Waals surface area (Å²) in [5, 5.41) is 7.84. The lowest BCUT2D eigenvalue weighted by Gasteiger charge is -2.35. The zero-order valence-electron chi connectivity index (χ0n) is 13.7. The van der Waals surface area contributed by atoms with Gasteiger partial charge < -0.3 is 10.2 Å². The van der Waals surface area contributed by atoms with Crippen molar-refractivity contribution in [2.45, 2.75) is 38.8 Å². The molecule has 3 rings (SSSR count). The Labute approximate surface area is 132 Å². The Kier molecular flexibility index (Phi) is 4.43. The largest absolute Gasteiger partial charge is 0.371 e. The van der Waals surface area contributed by atoms with Crippen LogP contribution in [0.2, 0.25) is 0 Å². The van der Waals surface area contributed by atoms with E-state index in [1.165, 1.54) is 11.3 Å². The fourth-order valence-corrected chi connectivity index (χ4v) is 3.19. The highest BCUT2D eigenvalue weighted by Gasteiger charge is 2.22. The molecule has 1 fully saturated rings. The average molecular weight is 299 g/mol. The molecule has 1 aromatic heterocycles. The van der Waals surface area contributed by atoms with E-state index in [-0.39, 0.29) is 6.04 Å². The summed E-state index contributed by atoms with van der Waals surface area (Å²) in [5.41, 5.74) is 2.66. The molecule has 0 radical (unpaired) electrons. The van der Waals surface area contributed by atoms with Gasteiger partial charge >= 0.3 is 0 Å². The molecular formula is C17H25N5. The van der Waals surface area contributed by atoms with Gasteiger partial charge in [-0.25, -0.2) is 4.98 Å².